The Morgan fingerprint density at radius 1 is 1.44 bits per heavy atom. The summed E-state index contributed by atoms with van der Waals surface area (Å²) >= 11 is 5.60. The molecule has 0 spiro atoms. The van der Waals surface area contributed by atoms with Crippen LogP contribution in [0.3, 0.4) is 0 Å². The number of hydrogen-bond donors (Lipinski definition) is 1. The molecule has 0 radical (unpaired) electrons. The van der Waals surface area contributed by atoms with E-state index in [9.17, 15) is 4.79 Å². The van der Waals surface area contributed by atoms with Gasteiger partial charge in [-0.05, 0) is 37.6 Å². The van der Waals surface area contributed by atoms with E-state index in [2.05, 4.69) is 5.32 Å². The minimum atomic E-state index is -0.0831. The van der Waals surface area contributed by atoms with Crippen LogP contribution in [0.4, 0.5) is 0 Å². The van der Waals surface area contributed by atoms with Gasteiger partial charge in [-0.3, -0.25) is 4.79 Å². The fourth-order valence-electron chi connectivity index (χ4n) is 1.29. The summed E-state index contributed by atoms with van der Waals surface area (Å²) < 4.78 is 5.02. The summed E-state index contributed by atoms with van der Waals surface area (Å²) in [5, 5.41) is 2.87. The molecule has 0 saturated heterocycles. The second-order valence-corrected chi connectivity index (χ2v) is 3.96. The SMILES string of the molecule is COc1ccc(C(=O)NC(C)CCCl)cc1. The molecule has 0 saturated carbocycles. The van der Waals surface area contributed by atoms with Gasteiger partial charge in [-0.15, -0.1) is 11.6 Å². The Balaban J connectivity index is 2.59. The Hall–Kier alpha value is -1.22. The summed E-state index contributed by atoms with van der Waals surface area (Å²) in [5.41, 5.74) is 0.627. The Kier molecular flexibility index (Phi) is 5.12. The van der Waals surface area contributed by atoms with Crippen molar-refractivity contribution in [2.24, 2.45) is 0 Å². The number of alkyl halides is 1. The monoisotopic (exact) mass is 241 g/mol. The first kappa shape index (κ1) is 12.8. The molecule has 1 amide bonds. The molecule has 1 unspecified atom stereocenters. The first-order chi connectivity index (χ1) is 7.67. The minimum absolute atomic E-state index is 0.0831. The minimum Gasteiger partial charge on any atom is -0.497 e. The molecule has 1 aromatic carbocycles. The van der Waals surface area contributed by atoms with Gasteiger partial charge in [-0.1, -0.05) is 0 Å². The molecule has 16 heavy (non-hydrogen) atoms. The third-order valence-corrected chi connectivity index (χ3v) is 2.49. The quantitative estimate of drug-likeness (QED) is 0.805. The first-order valence-corrected chi connectivity index (χ1v) is 5.71. The van der Waals surface area contributed by atoms with Crippen molar-refractivity contribution in [3.63, 3.8) is 0 Å². The summed E-state index contributed by atoms with van der Waals surface area (Å²) in [6.07, 6.45) is 0.767. The number of halogens is 1. The van der Waals surface area contributed by atoms with Gasteiger partial charge in [0.25, 0.3) is 5.91 Å². The number of carbonyl (C=O) groups is 1. The number of nitrogens with one attached hydrogen (secondary N) is 1. The number of hydrogen-bond acceptors (Lipinski definition) is 2. The molecule has 1 aromatic rings. The zero-order valence-electron chi connectivity index (χ0n) is 9.50. The van der Waals surface area contributed by atoms with Crippen LogP contribution in [0.1, 0.15) is 23.7 Å². The van der Waals surface area contributed by atoms with E-state index in [0.29, 0.717) is 11.4 Å². The van der Waals surface area contributed by atoms with E-state index in [0.717, 1.165) is 12.2 Å². The molecule has 0 bridgehead atoms. The van der Waals surface area contributed by atoms with Crippen molar-refractivity contribution in [1.82, 2.24) is 5.32 Å². The van der Waals surface area contributed by atoms with E-state index in [1.807, 2.05) is 6.92 Å². The lowest BCUT2D eigenvalue weighted by atomic mass is 10.2. The van der Waals surface area contributed by atoms with Gasteiger partial charge in [0.05, 0.1) is 7.11 Å². The maximum Gasteiger partial charge on any atom is 0.251 e. The molecule has 4 heteroatoms. The molecule has 0 aliphatic rings. The Morgan fingerprint density at radius 2 is 2.06 bits per heavy atom. The Morgan fingerprint density at radius 3 is 2.56 bits per heavy atom. The molecule has 0 aliphatic carbocycles. The molecular weight excluding hydrogens is 226 g/mol. The third kappa shape index (κ3) is 3.74. The first-order valence-electron chi connectivity index (χ1n) is 5.18. The molecule has 1 rings (SSSR count). The van der Waals surface area contributed by atoms with Crippen molar-refractivity contribution >= 4 is 17.5 Å². The van der Waals surface area contributed by atoms with E-state index in [4.69, 9.17) is 16.3 Å². The van der Waals surface area contributed by atoms with Crippen molar-refractivity contribution in [3.8, 4) is 5.75 Å². The molecule has 88 valence electrons. The number of rotatable bonds is 5. The number of carbonyl (C=O) groups excluding carboxylic acids is 1. The fourth-order valence-corrected chi connectivity index (χ4v) is 1.61. The number of amides is 1. The zero-order chi connectivity index (χ0) is 12.0. The molecule has 0 fully saturated rings. The van der Waals surface area contributed by atoms with Gasteiger partial charge in [-0.25, -0.2) is 0 Å². The molecule has 0 heterocycles. The third-order valence-electron chi connectivity index (χ3n) is 2.27. The van der Waals surface area contributed by atoms with Crippen LogP contribution in [0, 0.1) is 0 Å². The normalized spacial score (nSPS) is 11.9. The molecule has 0 aromatic heterocycles. The Bertz CT molecular complexity index is 337. The van der Waals surface area contributed by atoms with Gasteiger partial charge in [0.1, 0.15) is 5.75 Å². The van der Waals surface area contributed by atoms with Crippen LogP contribution in [0.15, 0.2) is 24.3 Å². The van der Waals surface area contributed by atoms with Gasteiger partial charge < -0.3 is 10.1 Å². The van der Waals surface area contributed by atoms with Crippen LogP contribution in [0.5, 0.6) is 5.75 Å². The van der Waals surface area contributed by atoms with Crippen LogP contribution in [0.25, 0.3) is 0 Å². The lowest BCUT2D eigenvalue weighted by molar-refractivity contribution is 0.0939. The summed E-state index contributed by atoms with van der Waals surface area (Å²) in [6, 6.07) is 7.10. The highest BCUT2D eigenvalue weighted by Gasteiger charge is 2.08. The van der Waals surface area contributed by atoms with Crippen molar-refractivity contribution in [3.05, 3.63) is 29.8 Å². The number of benzene rings is 1. The average Bonchev–Trinajstić information content (AvgIpc) is 2.29. The molecular formula is C12H16ClNO2. The predicted octanol–water partition coefficient (Wildman–Crippen LogP) is 2.44. The van der Waals surface area contributed by atoms with E-state index in [1.54, 1.807) is 31.4 Å². The smallest absolute Gasteiger partial charge is 0.251 e. The predicted molar refractivity (Wildman–Crippen MR) is 65.3 cm³/mol. The van der Waals surface area contributed by atoms with E-state index < -0.39 is 0 Å². The largest absolute Gasteiger partial charge is 0.497 e. The topological polar surface area (TPSA) is 38.3 Å². The van der Waals surface area contributed by atoms with Crippen molar-refractivity contribution in [2.45, 2.75) is 19.4 Å². The summed E-state index contributed by atoms with van der Waals surface area (Å²) in [7, 11) is 1.59. The zero-order valence-corrected chi connectivity index (χ0v) is 10.3. The maximum absolute atomic E-state index is 11.7. The maximum atomic E-state index is 11.7. The fraction of sp³-hybridized carbons (Fsp3) is 0.417. The van der Waals surface area contributed by atoms with Crippen molar-refractivity contribution in [1.29, 1.82) is 0 Å². The van der Waals surface area contributed by atoms with Crippen LogP contribution >= 0.6 is 11.6 Å². The highest BCUT2D eigenvalue weighted by Crippen LogP contribution is 2.11. The molecule has 0 aliphatic heterocycles. The summed E-state index contributed by atoms with van der Waals surface area (Å²) in [4.78, 5) is 11.7. The van der Waals surface area contributed by atoms with Gasteiger partial charge >= 0.3 is 0 Å². The van der Waals surface area contributed by atoms with Crippen molar-refractivity contribution < 1.29 is 9.53 Å². The summed E-state index contributed by atoms with van der Waals surface area (Å²) in [5.74, 6) is 1.20. The van der Waals surface area contributed by atoms with E-state index >= 15 is 0 Å². The second-order valence-electron chi connectivity index (χ2n) is 3.58. The molecule has 1 atom stereocenters. The summed E-state index contributed by atoms with van der Waals surface area (Å²) in [6.45, 7) is 1.93. The van der Waals surface area contributed by atoms with Crippen LogP contribution < -0.4 is 10.1 Å². The van der Waals surface area contributed by atoms with Gasteiger partial charge in [-0.2, -0.15) is 0 Å². The van der Waals surface area contributed by atoms with Crippen LogP contribution in [-0.4, -0.2) is 24.9 Å². The number of ether oxygens (including phenoxy) is 1. The highest BCUT2D eigenvalue weighted by molar-refractivity contribution is 6.17. The van der Waals surface area contributed by atoms with E-state index in [-0.39, 0.29) is 11.9 Å². The highest BCUT2D eigenvalue weighted by atomic mass is 35.5. The van der Waals surface area contributed by atoms with Crippen LogP contribution in [-0.2, 0) is 0 Å². The second kappa shape index (κ2) is 6.38. The average molecular weight is 242 g/mol. The molecule has 3 nitrogen and oxygen atoms in total. The lowest BCUT2D eigenvalue weighted by Gasteiger charge is -2.12. The van der Waals surface area contributed by atoms with Crippen LogP contribution in [0.2, 0.25) is 0 Å². The van der Waals surface area contributed by atoms with Gasteiger partial charge in [0.15, 0.2) is 0 Å². The van der Waals surface area contributed by atoms with Gasteiger partial charge in [0.2, 0.25) is 0 Å². The standard InChI is InChI=1S/C12H16ClNO2/c1-9(7-8-13)14-12(15)10-3-5-11(16-2)6-4-10/h3-6,9H,7-8H2,1-2H3,(H,14,15). The van der Waals surface area contributed by atoms with Crippen molar-refractivity contribution in [2.75, 3.05) is 13.0 Å². The van der Waals surface area contributed by atoms with Gasteiger partial charge in [0, 0.05) is 17.5 Å². The molecule has 1 N–H and O–H groups in total. The Labute approximate surface area is 101 Å². The lowest BCUT2D eigenvalue weighted by Crippen LogP contribution is -2.32. The number of methoxy groups -OCH3 is 1. The van der Waals surface area contributed by atoms with E-state index in [1.165, 1.54) is 0 Å².